The molecule has 11 nitrogen and oxygen atoms in total. The molecule has 2 N–H and O–H groups in total. The number of fused-ring (bicyclic) bond motifs is 1. The summed E-state index contributed by atoms with van der Waals surface area (Å²) in [6.45, 7) is 8.48. The molecule has 3 aliphatic rings. The molecule has 39 heavy (non-hydrogen) atoms. The Hall–Kier alpha value is -3.93. The number of morpholine rings is 1. The average Bonchev–Trinajstić information content (AvgIpc) is 3.59. The number of amides is 2. The number of aromatic nitrogens is 1. The van der Waals surface area contributed by atoms with Gasteiger partial charge in [-0.15, -0.1) is 0 Å². The lowest BCUT2D eigenvalue weighted by atomic mass is 10.1. The summed E-state index contributed by atoms with van der Waals surface area (Å²) in [5.74, 6) is 0.526. The zero-order valence-electron chi connectivity index (χ0n) is 21.7. The van der Waals surface area contributed by atoms with Crippen LogP contribution in [0.15, 0.2) is 53.2 Å². The molecule has 0 spiro atoms. The molecule has 0 aliphatic carbocycles. The van der Waals surface area contributed by atoms with Crippen molar-refractivity contribution in [3.05, 3.63) is 65.7 Å². The monoisotopic (exact) mass is 532 g/mol. The van der Waals surface area contributed by atoms with Gasteiger partial charge in [0.2, 0.25) is 5.88 Å². The molecular weight excluding hydrogens is 500 g/mol. The first kappa shape index (κ1) is 25.4. The number of carbonyl (C=O) groups is 2. The van der Waals surface area contributed by atoms with Crippen LogP contribution < -0.4 is 25.2 Å². The van der Waals surface area contributed by atoms with Gasteiger partial charge >= 0.3 is 0 Å². The van der Waals surface area contributed by atoms with Gasteiger partial charge < -0.3 is 29.4 Å². The predicted octanol–water partition coefficient (Wildman–Crippen LogP) is 2.21. The van der Waals surface area contributed by atoms with Gasteiger partial charge in [0.15, 0.2) is 5.76 Å². The highest BCUT2D eigenvalue weighted by molar-refractivity contribution is 6.10. The van der Waals surface area contributed by atoms with Crippen molar-refractivity contribution in [2.75, 3.05) is 80.8 Å². The van der Waals surface area contributed by atoms with E-state index in [1.165, 1.54) is 4.90 Å². The standard InChI is InChI=1S/C28H32N6O5/c35-27(31-23-18-30-6-5-24(23)33-9-7-29-8-10-33)25-3-4-26(39-25)34-19-20-1-2-21(17-22(20)28(34)36)38-16-13-32-11-14-37-15-12-32/h1-6,17-18,29H,7-16,19H2,(H,31,35). The van der Waals surface area contributed by atoms with E-state index < -0.39 is 5.91 Å². The van der Waals surface area contributed by atoms with Crippen molar-refractivity contribution < 1.29 is 23.5 Å². The first-order chi connectivity index (χ1) is 19.2. The van der Waals surface area contributed by atoms with Crippen LogP contribution in [-0.2, 0) is 11.3 Å². The summed E-state index contributed by atoms with van der Waals surface area (Å²) in [5, 5.41) is 6.25. The number of furan rings is 1. The Labute approximate surface area is 226 Å². The highest BCUT2D eigenvalue weighted by Gasteiger charge is 2.31. The van der Waals surface area contributed by atoms with Crippen molar-refractivity contribution in [2.45, 2.75) is 6.54 Å². The third-order valence-corrected chi connectivity index (χ3v) is 7.25. The molecule has 0 unspecified atom stereocenters. The number of hydrogen-bond acceptors (Lipinski definition) is 9. The number of pyridine rings is 1. The molecule has 2 aromatic heterocycles. The third-order valence-electron chi connectivity index (χ3n) is 7.25. The van der Waals surface area contributed by atoms with Crippen molar-refractivity contribution in [3.63, 3.8) is 0 Å². The van der Waals surface area contributed by atoms with Gasteiger partial charge in [-0.25, -0.2) is 0 Å². The minimum absolute atomic E-state index is 0.121. The van der Waals surface area contributed by atoms with E-state index >= 15 is 0 Å². The van der Waals surface area contributed by atoms with E-state index in [0.717, 1.165) is 70.3 Å². The maximum Gasteiger partial charge on any atom is 0.291 e. The largest absolute Gasteiger partial charge is 0.492 e. The molecule has 1 aromatic carbocycles. The molecular formula is C28H32N6O5. The second-order valence-electron chi connectivity index (χ2n) is 9.73. The molecule has 6 rings (SSSR count). The topological polar surface area (TPSA) is 112 Å². The molecule has 0 atom stereocenters. The van der Waals surface area contributed by atoms with Crippen LogP contribution in [0.5, 0.6) is 5.75 Å². The summed E-state index contributed by atoms with van der Waals surface area (Å²) < 4.78 is 17.2. The van der Waals surface area contributed by atoms with Crippen LogP contribution in [0.1, 0.15) is 26.5 Å². The van der Waals surface area contributed by atoms with Gasteiger partial charge in [0.05, 0.1) is 37.3 Å². The first-order valence-corrected chi connectivity index (χ1v) is 13.3. The molecule has 0 saturated carbocycles. The summed E-state index contributed by atoms with van der Waals surface area (Å²) in [7, 11) is 0. The van der Waals surface area contributed by atoms with Gasteiger partial charge in [-0.1, -0.05) is 6.07 Å². The zero-order chi connectivity index (χ0) is 26.6. The Balaban J connectivity index is 1.09. The highest BCUT2D eigenvalue weighted by atomic mass is 16.5. The lowest BCUT2D eigenvalue weighted by Crippen LogP contribution is -2.43. The molecule has 0 bridgehead atoms. The number of piperazine rings is 1. The van der Waals surface area contributed by atoms with Gasteiger partial charge in [-0.3, -0.25) is 24.4 Å². The van der Waals surface area contributed by atoms with Gasteiger partial charge in [-0.2, -0.15) is 0 Å². The van der Waals surface area contributed by atoms with Gasteiger partial charge in [0.1, 0.15) is 12.4 Å². The van der Waals surface area contributed by atoms with Crippen molar-refractivity contribution >= 4 is 29.1 Å². The van der Waals surface area contributed by atoms with Crippen LogP contribution in [0.3, 0.4) is 0 Å². The lowest BCUT2D eigenvalue weighted by Gasteiger charge is -2.30. The van der Waals surface area contributed by atoms with Gasteiger partial charge in [-0.05, 0) is 29.8 Å². The summed E-state index contributed by atoms with van der Waals surface area (Å²) in [6.07, 6.45) is 3.36. The number of anilines is 3. The fourth-order valence-corrected chi connectivity index (χ4v) is 5.11. The third kappa shape index (κ3) is 5.60. The van der Waals surface area contributed by atoms with E-state index in [1.54, 1.807) is 30.6 Å². The Bertz CT molecular complexity index is 1330. The molecule has 0 radical (unpaired) electrons. The van der Waals surface area contributed by atoms with Crippen LogP contribution in [0, 0.1) is 0 Å². The normalized spacial score (nSPS) is 17.8. The molecule has 2 amide bonds. The number of benzene rings is 1. The van der Waals surface area contributed by atoms with E-state index in [2.05, 4.69) is 25.4 Å². The smallest absolute Gasteiger partial charge is 0.291 e. The molecule has 2 fully saturated rings. The van der Waals surface area contributed by atoms with Crippen LogP contribution in [0.25, 0.3) is 0 Å². The van der Waals surface area contributed by atoms with E-state index in [0.29, 0.717) is 36.0 Å². The number of rotatable bonds is 8. The van der Waals surface area contributed by atoms with Crippen LogP contribution in [0.2, 0.25) is 0 Å². The summed E-state index contributed by atoms with van der Waals surface area (Å²) in [4.78, 5) is 36.5. The van der Waals surface area contributed by atoms with Crippen molar-refractivity contribution in [2.24, 2.45) is 0 Å². The van der Waals surface area contributed by atoms with Crippen LogP contribution in [0.4, 0.5) is 17.3 Å². The second-order valence-corrected chi connectivity index (χ2v) is 9.73. The molecule has 3 aliphatic heterocycles. The van der Waals surface area contributed by atoms with Gasteiger partial charge in [0, 0.05) is 63.6 Å². The van der Waals surface area contributed by atoms with Crippen molar-refractivity contribution in [3.8, 4) is 5.75 Å². The number of ether oxygens (including phenoxy) is 2. The number of nitrogens with one attached hydrogen (secondary N) is 2. The zero-order valence-corrected chi connectivity index (χ0v) is 21.7. The highest BCUT2D eigenvalue weighted by Crippen LogP contribution is 2.32. The number of nitrogens with zero attached hydrogens (tertiary/aromatic N) is 4. The lowest BCUT2D eigenvalue weighted by molar-refractivity contribution is 0.0322. The van der Waals surface area contributed by atoms with Crippen LogP contribution in [-0.4, -0.2) is 87.3 Å². The Morgan fingerprint density at radius 1 is 1.08 bits per heavy atom. The first-order valence-electron chi connectivity index (χ1n) is 13.3. The Morgan fingerprint density at radius 2 is 1.92 bits per heavy atom. The van der Waals surface area contributed by atoms with Crippen LogP contribution >= 0.6 is 0 Å². The minimum Gasteiger partial charge on any atom is -0.492 e. The van der Waals surface area contributed by atoms with E-state index in [-0.39, 0.29) is 11.7 Å². The predicted molar refractivity (Wildman–Crippen MR) is 146 cm³/mol. The summed E-state index contributed by atoms with van der Waals surface area (Å²) >= 11 is 0. The van der Waals surface area contributed by atoms with E-state index in [9.17, 15) is 9.59 Å². The maximum absolute atomic E-state index is 13.2. The summed E-state index contributed by atoms with van der Waals surface area (Å²) in [6, 6.07) is 10.7. The molecule has 2 saturated heterocycles. The number of hydrogen-bond donors (Lipinski definition) is 2. The second kappa shape index (κ2) is 11.4. The Kier molecular flexibility index (Phi) is 7.44. The minimum atomic E-state index is -0.397. The quantitative estimate of drug-likeness (QED) is 0.451. The summed E-state index contributed by atoms with van der Waals surface area (Å²) in [5.41, 5.74) is 3.00. The SMILES string of the molecule is O=C(Nc1cnccc1N1CCNCC1)c1ccc(N2Cc3ccc(OCCN4CCOCC4)cc3C2=O)o1. The molecule has 11 heteroatoms. The average molecular weight is 533 g/mol. The molecule has 3 aromatic rings. The number of carbonyl (C=O) groups excluding carboxylic acids is 2. The fourth-order valence-electron chi connectivity index (χ4n) is 5.11. The van der Waals surface area contributed by atoms with Crippen molar-refractivity contribution in [1.29, 1.82) is 0 Å². The maximum atomic E-state index is 13.2. The molecule has 5 heterocycles. The van der Waals surface area contributed by atoms with Gasteiger partial charge in [0.25, 0.3) is 11.8 Å². The molecule has 204 valence electrons. The van der Waals surface area contributed by atoms with Crippen molar-refractivity contribution in [1.82, 2.24) is 15.2 Å². The van der Waals surface area contributed by atoms with E-state index in [4.69, 9.17) is 13.9 Å². The Morgan fingerprint density at radius 3 is 2.77 bits per heavy atom. The van der Waals surface area contributed by atoms with E-state index in [1.807, 2.05) is 18.2 Å². The fraction of sp³-hybridized carbons (Fsp3) is 0.393.